The molecule has 0 aliphatic rings. The Hall–Kier alpha value is -1.91. The van der Waals surface area contributed by atoms with Gasteiger partial charge in [0.05, 0.1) is 6.54 Å². The first kappa shape index (κ1) is 16.5. The van der Waals surface area contributed by atoms with E-state index in [9.17, 15) is 9.18 Å². The number of nitrogens with one attached hydrogen (secondary N) is 1. The van der Waals surface area contributed by atoms with Gasteiger partial charge in [-0.05, 0) is 24.7 Å². The van der Waals surface area contributed by atoms with Gasteiger partial charge >= 0.3 is 0 Å². The molecular weight excluding hydrogens is 303 g/mol. The molecular formula is C17H18ClFN2O. The summed E-state index contributed by atoms with van der Waals surface area (Å²) in [6.45, 7) is 0.955. The molecule has 0 spiro atoms. The van der Waals surface area contributed by atoms with Gasteiger partial charge in [0.1, 0.15) is 5.82 Å². The molecule has 0 aliphatic carbocycles. The van der Waals surface area contributed by atoms with Crippen molar-refractivity contribution in [3.8, 4) is 0 Å². The second-order valence-electron chi connectivity index (χ2n) is 5.13. The Bertz CT molecular complexity index is 648. The summed E-state index contributed by atoms with van der Waals surface area (Å²) in [5.41, 5.74) is 1.44. The van der Waals surface area contributed by atoms with Crippen molar-refractivity contribution in [1.29, 1.82) is 0 Å². The standard InChI is InChI=1S/C17H18ClFN2O/c1-21(11-14-7-3-5-9-16(14)19)12-17(22)20-10-13-6-2-4-8-15(13)18/h2-9H,10-12H2,1H3,(H,20,22). The van der Waals surface area contributed by atoms with Gasteiger partial charge in [-0.2, -0.15) is 0 Å². The molecule has 1 N–H and O–H groups in total. The van der Waals surface area contributed by atoms with E-state index in [0.717, 1.165) is 5.56 Å². The van der Waals surface area contributed by atoms with Crippen LogP contribution in [0, 0.1) is 5.82 Å². The summed E-state index contributed by atoms with van der Waals surface area (Å²) in [4.78, 5) is 13.7. The zero-order valence-electron chi connectivity index (χ0n) is 12.4. The Balaban J connectivity index is 1.82. The molecule has 2 aromatic carbocycles. The van der Waals surface area contributed by atoms with E-state index in [2.05, 4.69) is 5.32 Å². The number of carbonyl (C=O) groups is 1. The van der Waals surface area contributed by atoms with Gasteiger partial charge in [-0.15, -0.1) is 0 Å². The molecule has 0 fully saturated rings. The SMILES string of the molecule is CN(CC(=O)NCc1ccccc1Cl)Cc1ccccc1F. The van der Waals surface area contributed by atoms with Crippen molar-refractivity contribution in [3.05, 3.63) is 70.5 Å². The van der Waals surface area contributed by atoms with E-state index in [1.54, 1.807) is 36.2 Å². The van der Waals surface area contributed by atoms with E-state index in [1.807, 2.05) is 18.2 Å². The third-order valence-electron chi connectivity index (χ3n) is 3.25. The van der Waals surface area contributed by atoms with Crippen molar-refractivity contribution in [2.24, 2.45) is 0 Å². The van der Waals surface area contributed by atoms with Gasteiger partial charge in [-0.1, -0.05) is 48.0 Å². The Labute approximate surface area is 134 Å². The number of nitrogens with zero attached hydrogens (tertiary/aromatic N) is 1. The van der Waals surface area contributed by atoms with E-state index >= 15 is 0 Å². The monoisotopic (exact) mass is 320 g/mol. The van der Waals surface area contributed by atoms with E-state index in [4.69, 9.17) is 11.6 Å². The topological polar surface area (TPSA) is 32.3 Å². The molecule has 0 saturated heterocycles. The molecule has 0 bridgehead atoms. The zero-order valence-corrected chi connectivity index (χ0v) is 13.1. The van der Waals surface area contributed by atoms with Gasteiger partial charge in [-0.3, -0.25) is 9.69 Å². The normalized spacial score (nSPS) is 10.7. The van der Waals surface area contributed by atoms with Gasteiger partial charge in [-0.25, -0.2) is 4.39 Å². The van der Waals surface area contributed by atoms with Crippen LogP contribution in [-0.2, 0) is 17.9 Å². The summed E-state index contributed by atoms with van der Waals surface area (Å²) in [6, 6.07) is 13.9. The van der Waals surface area contributed by atoms with Crippen LogP contribution in [0.2, 0.25) is 5.02 Å². The van der Waals surface area contributed by atoms with Crippen LogP contribution in [0.25, 0.3) is 0 Å². The lowest BCUT2D eigenvalue weighted by atomic mass is 10.2. The quantitative estimate of drug-likeness (QED) is 0.886. The first-order valence-electron chi connectivity index (χ1n) is 6.98. The molecule has 0 saturated carbocycles. The number of halogens is 2. The highest BCUT2D eigenvalue weighted by atomic mass is 35.5. The number of hydrogen-bond acceptors (Lipinski definition) is 2. The van der Waals surface area contributed by atoms with E-state index < -0.39 is 0 Å². The van der Waals surface area contributed by atoms with E-state index in [1.165, 1.54) is 6.07 Å². The van der Waals surface area contributed by atoms with Gasteiger partial charge < -0.3 is 5.32 Å². The smallest absolute Gasteiger partial charge is 0.234 e. The lowest BCUT2D eigenvalue weighted by molar-refractivity contribution is -0.122. The van der Waals surface area contributed by atoms with Crippen LogP contribution in [0.5, 0.6) is 0 Å². The highest BCUT2D eigenvalue weighted by molar-refractivity contribution is 6.31. The molecule has 0 radical (unpaired) electrons. The van der Waals surface area contributed by atoms with Gasteiger partial charge in [0.25, 0.3) is 0 Å². The second kappa shape index (κ2) is 7.92. The summed E-state index contributed by atoms with van der Waals surface area (Å²) in [6.07, 6.45) is 0. The van der Waals surface area contributed by atoms with Crippen molar-refractivity contribution in [2.75, 3.05) is 13.6 Å². The highest BCUT2D eigenvalue weighted by Gasteiger charge is 2.09. The number of benzene rings is 2. The molecule has 1 amide bonds. The summed E-state index contributed by atoms with van der Waals surface area (Å²) in [5.74, 6) is -0.385. The third kappa shape index (κ3) is 4.83. The fourth-order valence-electron chi connectivity index (χ4n) is 2.11. The predicted octanol–water partition coefficient (Wildman–Crippen LogP) is 3.23. The maximum absolute atomic E-state index is 13.6. The minimum atomic E-state index is -0.258. The van der Waals surface area contributed by atoms with Crippen LogP contribution in [0.4, 0.5) is 4.39 Å². The Kier molecular flexibility index (Phi) is 5.92. The number of likely N-dealkylation sites (N-methyl/N-ethyl adjacent to an activating group) is 1. The van der Waals surface area contributed by atoms with Crippen molar-refractivity contribution >= 4 is 17.5 Å². The molecule has 0 heterocycles. The summed E-state index contributed by atoms with van der Waals surface area (Å²) in [5, 5.41) is 3.44. The Morgan fingerprint density at radius 3 is 2.45 bits per heavy atom. The zero-order chi connectivity index (χ0) is 15.9. The lowest BCUT2D eigenvalue weighted by Crippen LogP contribution is -2.34. The molecule has 0 unspecified atom stereocenters. The number of carbonyl (C=O) groups excluding carboxylic acids is 1. The van der Waals surface area contributed by atoms with Crippen LogP contribution in [0.15, 0.2) is 48.5 Å². The van der Waals surface area contributed by atoms with Crippen molar-refractivity contribution in [1.82, 2.24) is 10.2 Å². The average Bonchev–Trinajstić information content (AvgIpc) is 2.49. The molecule has 0 atom stereocenters. The lowest BCUT2D eigenvalue weighted by Gasteiger charge is -2.17. The van der Waals surface area contributed by atoms with E-state index in [-0.39, 0.29) is 18.3 Å². The largest absolute Gasteiger partial charge is 0.351 e. The van der Waals surface area contributed by atoms with Crippen LogP contribution < -0.4 is 5.32 Å². The highest BCUT2D eigenvalue weighted by Crippen LogP contribution is 2.14. The molecule has 22 heavy (non-hydrogen) atoms. The maximum Gasteiger partial charge on any atom is 0.234 e. The molecule has 0 aromatic heterocycles. The van der Waals surface area contributed by atoms with Gasteiger partial charge in [0.15, 0.2) is 0 Å². The molecule has 2 aromatic rings. The molecule has 116 valence electrons. The fraction of sp³-hybridized carbons (Fsp3) is 0.235. The first-order chi connectivity index (χ1) is 10.6. The third-order valence-corrected chi connectivity index (χ3v) is 3.61. The molecule has 3 nitrogen and oxygen atoms in total. The van der Waals surface area contributed by atoms with Gasteiger partial charge in [0, 0.05) is 23.7 Å². The van der Waals surface area contributed by atoms with Crippen molar-refractivity contribution < 1.29 is 9.18 Å². The number of rotatable bonds is 6. The Morgan fingerprint density at radius 2 is 1.77 bits per heavy atom. The molecule has 0 aliphatic heterocycles. The first-order valence-corrected chi connectivity index (χ1v) is 7.36. The van der Waals surface area contributed by atoms with Crippen molar-refractivity contribution in [2.45, 2.75) is 13.1 Å². The predicted molar refractivity (Wildman–Crippen MR) is 86.0 cm³/mol. The average molecular weight is 321 g/mol. The minimum absolute atomic E-state index is 0.126. The van der Waals surface area contributed by atoms with Crippen LogP contribution in [-0.4, -0.2) is 24.4 Å². The maximum atomic E-state index is 13.6. The minimum Gasteiger partial charge on any atom is -0.351 e. The van der Waals surface area contributed by atoms with Crippen LogP contribution >= 0.6 is 11.6 Å². The van der Waals surface area contributed by atoms with Crippen LogP contribution in [0.1, 0.15) is 11.1 Å². The number of hydrogen-bond donors (Lipinski definition) is 1. The summed E-state index contributed by atoms with van der Waals surface area (Å²) >= 11 is 6.03. The second-order valence-corrected chi connectivity index (χ2v) is 5.54. The van der Waals surface area contributed by atoms with Crippen LogP contribution in [0.3, 0.4) is 0 Å². The van der Waals surface area contributed by atoms with Crippen molar-refractivity contribution in [3.63, 3.8) is 0 Å². The molecule has 5 heteroatoms. The molecule has 2 rings (SSSR count). The number of amides is 1. The Morgan fingerprint density at radius 1 is 1.14 bits per heavy atom. The fourth-order valence-corrected chi connectivity index (χ4v) is 2.31. The van der Waals surface area contributed by atoms with E-state index in [0.29, 0.717) is 23.7 Å². The van der Waals surface area contributed by atoms with Gasteiger partial charge in [0.2, 0.25) is 5.91 Å². The summed E-state index contributed by atoms with van der Waals surface area (Å²) < 4.78 is 13.6. The summed E-state index contributed by atoms with van der Waals surface area (Å²) in [7, 11) is 1.78.